The molecule has 1 atom stereocenters. The first-order chi connectivity index (χ1) is 5.24. The van der Waals surface area contributed by atoms with Crippen molar-refractivity contribution in [1.29, 1.82) is 0 Å². The molecule has 1 heterocycles. The van der Waals surface area contributed by atoms with Gasteiger partial charge in [0.25, 0.3) is 0 Å². The second-order valence-electron chi connectivity index (χ2n) is 2.75. The fraction of sp³-hybridized carbons (Fsp3) is 0.857. The quantitative estimate of drug-likeness (QED) is 0.604. The first-order valence-corrected chi connectivity index (χ1v) is 4.84. The summed E-state index contributed by atoms with van der Waals surface area (Å²) >= 11 is 1.80. The molecule has 1 saturated heterocycles. The van der Waals surface area contributed by atoms with Crippen molar-refractivity contribution >= 4 is 17.7 Å². The van der Waals surface area contributed by atoms with Crippen LogP contribution in [0.25, 0.3) is 0 Å². The largest absolute Gasteiger partial charge is 0.345 e. The Morgan fingerprint density at radius 3 is 3.18 bits per heavy atom. The molecule has 11 heavy (non-hydrogen) atoms. The van der Waals surface area contributed by atoms with Gasteiger partial charge in [-0.1, -0.05) is 0 Å². The van der Waals surface area contributed by atoms with Crippen LogP contribution in [-0.2, 0) is 4.79 Å². The molecule has 0 radical (unpaired) electrons. The molecule has 2 N–H and O–H groups in total. The summed E-state index contributed by atoms with van der Waals surface area (Å²) < 4.78 is 0. The SMILES string of the molecule is CN1CC(CN)SCCC1=O. The number of hydrogen-bond donors (Lipinski definition) is 1. The molecule has 3 nitrogen and oxygen atoms in total. The Morgan fingerprint density at radius 1 is 1.82 bits per heavy atom. The molecule has 4 heteroatoms. The molecule has 64 valence electrons. The van der Waals surface area contributed by atoms with Gasteiger partial charge >= 0.3 is 0 Å². The van der Waals surface area contributed by atoms with E-state index in [0.29, 0.717) is 18.2 Å². The lowest BCUT2D eigenvalue weighted by molar-refractivity contribution is -0.129. The van der Waals surface area contributed by atoms with Crippen LogP contribution >= 0.6 is 11.8 Å². The predicted molar refractivity (Wildman–Crippen MR) is 47.6 cm³/mol. The zero-order valence-corrected chi connectivity index (χ0v) is 7.56. The smallest absolute Gasteiger partial charge is 0.223 e. The van der Waals surface area contributed by atoms with Gasteiger partial charge in [-0.15, -0.1) is 0 Å². The maximum absolute atomic E-state index is 11.1. The first-order valence-electron chi connectivity index (χ1n) is 3.79. The fourth-order valence-electron chi connectivity index (χ4n) is 1.11. The van der Waals surface area contributed by atoms with Gasteiger partial charge in [0.1, 0.15) is 0 Å². The number of carbonyl (C=O) groups excluding carboxylic acids is 1. The minimum absolute atomic E-state index is 0.244. The van der Waals surface area contributed by atoms with E-state index in [1.165, 1.54) is 0 Å². The number of amides is 1. The van der Waals surface area contributed by atoms with E-state index < -0.39 is 0 Å². The summed E-state index contributed by atoms with van der Waals surface area (Å²) in [6, 6.07) is 0. The zero-order chi connectivity index (χ0) is 8.27. The Balaban J connectivity index is 2.48. The highest BCUT2D eigenvalue weighted by molar-refractivity contribution is 8.00. The van der Waals surface area contributed by atoms with E-state index in [4.69, 9.17) is 5.73 Å². The Kier molecular flexibility index (Phi) is 3.20. The Hall–Kier alpha value is -0.220. The molecule has 0 bridgehead atoms. The molecule has 0 aromatic heterocycles. The minimum Gasteiger partial charge on any atom is -0.345 e. The lowest BCUT2D eigenvalue weighted by Crippen LogP contribution is -2.33. The van der Waals surface area contributed by atoms with Gasteiger partial charge in [-0.2, -0.15) is 11.8 Å². The van der Waals surface area contributed by atoms with Crippen LogP contribution in [0.4, 0.5) is 0 Å². The maximum Gasteiger partial charge on any atom is 0.223 e. The molecule has 0 aromatic carbocycles. The molecular formula is C7H14N2OS. The number of nitrogens with two attached hydrogens (primary N) is 1. The van der Waals surface area contributed by atoms with Gasteiger partial charge in [0.05, 0.1) is 0 Å². The Morgan fingerprint density at radius 2 is 2.55 bits per heavy atom. The van der Waals surface area contributed by atoms with E-state index in [1.54, 1.807) is 16.7 Å². The highest BCUT2D eigenvalue weighted by atomic mass is 32.2. The van der Waals surface area contributed by atoms with Crippen molar-refractivity contribution < 1.29 is 4.79 Å². The highest BCUT2D eigenvalue weighted by Gasteiger charge is 2.19. The molecule has 0 saturated carbocycles. The van der Waals surface area contributed by atoms with E-state index in [9.17, 15) is 4.79 Å². The van der Waals surface area contributed by atoms with Crippen LogP contribution < -0.4 is 5.73 Å². The predicted octanol–water partition coefficient (Wildman–Crippen LogP) is -0.0910. The van der Waals surface area contributed by atoms with E-state index in [1.807, 2.05) is 7.05 Å². The molecule has 0 aliphatic carbocycles. The van der Waals surface area contributed by atoms with Gasteiger partial charge in [0.15, 0.2) is 0 Å². The highest BCUT2D eigenvalue weighted by Crippen LogP contribution is 2.16. The number of thioether (sulfide) groups is 1. The summed E-state index contributed by atoms with van der Waals surface area (Å²) in [5.41, 5.74) is 5.52. The average molecular weight is 174 g/mol. The summed E-state index contributed by atoms with van der Waals surface area (Å²) in [7, 11) is 1.84. The van der Waals surface area contributed by atoms with Crippen molar-refractivity contribution in [3.05, 3.63) is 0 Å². The van der Waals surface area contributed by atoms with Crippen molar-refractivity contribution in [1.82, 2.24) is 4.90 Å². The van der Waals surface area contributed by atoms with Gasteiger partial charge in [0, 0.05) is 37.6 Å². The van der Waals surface area contributed by atoms with Crippen LogP contribution in [-0.4, -0.2) is 41.9 Å². The van der Waals surface area contributed by atoms with Crippen LogP contribution in [0.3, 0.4) is 0 Å². The van der Waals surface area contributed by atoms with Crippen LogP contribution in [0.5, 0.6) is 0 Å². The lowest BCUT2D eigenvalue weighted by Gasteiger charge is -2.17. The molecular weight excluding hydrogens is 160 g/mol. The summed E-state index contributed by atoms with van der Waals surface area (Å²) in [5, 5.41) is 0.437. The van der Waals surface area contributed by atoms with Crippen LogP contribution in [0.1, 0.15) is 6.42 Å². The van der Waals surface area contributed by atoms with E-state index >= 15 is 0 Å². The van der Waals surface area contributed by atoms with Crippen molar-refractivity contribution in [3.63, 3.8) is 0 Å². The first kappa shape index (κ1) is 8.87. The number of nitrogens with zero attached hydrogens (tertiary/aromatic N) is 1. The van der Waals surface area contributed by atoms with E-state index in [2.05, 4.69) is 0 Å². The number of rotatable bonds is 1. The topological polar surface area (TPSA) is 46.3 Å². The van der Waals surface area contributed by atoms with Crippen LogP contribution in [0.15, 0.2) is 0 Å². The zero-order valence-electron chi connectivity index (χ0n) is 6.75. The Bertz CT molecular complexity index is 151. The molecule has 1 aliphatic heterocycles. The fourth-order valence-corrected chi connectivity index (χ4v) is 2.20. The van der Waals surface area contributed by atoms with Gasteiger partial charge in [-0.05, 0) is 0 Å². The molecule has 0 spiro atoms. The summed E-state index contributed by atoms with van der Waals surface area (Å²) in [6.45, 7) is 1.47. The van der Waals surface area contributed by atoms with Crippen molar-refractivity contribution in [3.8, 4) is 0 Å². The number of hydrogen-bond acceptors (Lipinski definition) is 3. The standard InChI is InChI=1S/C7H14N2OS/c1-9-5-6(4-8)11-3-2-7(9)10/h6H,2-5,8H2,1H3. The second-order valence-corrected chi connectivity index (χ2v) is 4.16. The maximum atomic E-state index is 11.1. The third-order valence-corrected chi connectivity index (χ3v) is 3.09. The molecule has 1 amide bonds. The third kappa shape index (κ3) is 2.38. The monoisotopic (exact) mass is 174 g/mol. The second kappa shape index (κ2) is 3.97. The number of carbonyl (C=O) groups is 1. The molecule has 0 aromatic rings. The van der Waals surface area contributed by atoms with Crippen molar-refractivity contribution in [2.24, 2.45) is 5.73 Å². The van der Waals surface area contributed by atoms with Crippen LogP contribution in [0.2, 0.25) is 0 Å². The molecule has 1 rings (SSSR count). The average Bonchev–Trinajstić information content (AvgIpc) is 2.15. The normalized spacial score (nSPS) is 26.9. The van der Waals surface area contributed by atoms with E-state index in [0.717, 1.165) is 12.3 Å². The summed E-state index contributed by atoms with van der Waals surface area (Å²) in [6.07, 6.45) is 0.664. The summed E-state index contributed by atoms with van der Waals surface area (Å²) in [5.74, 6) is 1.17. The van der Waals surface area contributed by atoms with E-state index in [-0.39, 0.29) is 5.91 Å². The minimum atomic E-state index is 0.244. The van der Waals surface area contributed by atoms with Gasteiger partial charge < -0.3 is 10.6 Å². The lowest BCUT2D eigenvalue weighted by atomic mass is 10.3. The van der Waals surface area contributed by atoms with Gasteiger partial charge in [-0.25, -0.2) is 0 Å². The molecule has 1 fully saturated rings. The van der Waals surface area contributed by atoms with Crippen molar-refractivity contribution in [2.75, 3.05) is 25.9 Å². The van der Waals surface area contributed by atoms with Crippen LogP contribution in [0, 0.1) is 0 Å². The Labute approximate surface area is 71.3 Å². The molecule has 1 aliphatic rings. The van der Waals surface area contributed by atoms with Crippen molar-refractivity contribution in [2.45, 2.75) is 11.7 Å². The van der Waals surface area contributed by atoms with Gasteiger partial charge in [-0.3, -0.25) is 4.79 Å². The molecule has 1 unspecified atom stereocenters. The third-order valence-electron chi connectivity index (χ3n) is 1.84. The summed E-state index contributed by atoms with van der Waals surface area (Å²) in [4.78, 5) is 12.9. The van der Waals surface area contributed by atoms with Gasteiger partial charge in [0.2, 0.25) is 5.91 Å².